The number of nitrogens with zero attached hydrogens (tertiary/aromatic N) is 3. The van der Waals surface area contributed by atoms with E-state index in [0.717, 1.165) is 6.07 Å². The van der Waals surface area contributed by atoms with Crippen molar-refractivity contribution >= 4 is 11.4 Å². The smallest absolute Gasteiger partial charge is 0.389 e. The molecular formula is C18H19F3N6O2. The fraction of sp³-hybridized carbons (Fsp3) is 0.278. The van der Waals surface area contributed by atoms with E-state index in [1.807, 2.05) is 0 Å². The number of hydrazine groups is 1. The van der Waals surface area contributed by atoms with Crippen LogP contribution < -0.4 is 16.6 Å². The number of anilines is 2. The van der Waals surface area contributed by atoms with Gasteiger partial charge in [0.05, 0.1) is 28.1 Å². The lowest BCUT2D eigenvalue weighted by Gasteiger charge is -2.20. The summed E-state index contributed by atoms with van der Waals surface area (Å²) in [6.45, 7) is 3.58. The first-order chi connectivity index (χ1) is 13.6. The molecule has 3 aromatic rings. The molecule has 0 saturated heterocycles. The highest BCUT2D eigenvalue weighted by Crippen LogP contribution is 2.36. The molecule has 2 heterocycles. The van der Waals surface area contributed by atoms with Gasteiger partial charge in [-0.05, 0) is 38.1 Å². The first-order valence-corrected chi connectivity index (χ1v) is 8.51. The van der Waals surface area contributed by atoms with Gasteiger partial charge in [0, 0.05) is 24.5 Å². The van der Waals surface area contributed by atoms with Crippen molar-refractivity contribution in [1.82, 2.24) is 15.1 Å². The molecule has 5 N–H and O–H groups in total. The number of benzene rings is 1. The largest absolute Gasteiger partial charge is 0.418 e. The van der Waals surface area contributed by atoms with Crippen LogP contribution in [0.1, 0.15) is 19.4 Å². The third kappa shape index (κ3) is 4.81. The molecule has 0 bridgehead atoms. The van der Waals surface area contributed by atoms with Gasteiger partial charge in [-0.1, -0.05) is 5.16 Å². The zero-order valence-corrected chi connectivity index (χ0v) is 15.6. The summed E-state index contributed by atoms with van der Waals surface area (Å²) in [4.78, 5) is 7.59. The lowest BCUT2D eigenvalue weighted by molar-refractivity contribution is -0.137. The van der Waals surface area contributed by atoms with Crippen molar-refractivity contribution < 1.29 is 22.8 Å². The van der Waals surface area contributed by atoms with E-state index in [2.05, 4.69) is 25.9 Å². The number of aromatic nitrogens is 3. The van der Waals surface area contributed by atoms with Crippen LogP contribution in [0, 0.1) is 0 Å². The van der Waals surface area contributed by atoms with Gasteiger partial charge < -0.3 is 20.4 Å². The Morgan fingerprint density at radius 2 is 1.93 bits per heavy atom. The number of aliphatic hydroxyl groups is 1. The van der Waals surface area contributed by atoms with E-state index in [0.29, 0.717) is 23.1 Å². The normalized spacial score (nSPS) is 12.1. The van der Waals surface area contributed by atoms with Gasteiger partial charge in [0.25, 0.3) is 5.89 Å². The number of hydrogen-bond acceptors (Lipinski definition) is 8. The summed E-state index contributed by atoms with van der Waals surface area (Å²) < 4.78 is 44.6. The Kier molecular flexibility index (Phi) is 5.44. The molecule has 0 fully saturated rings. The van der Waals surface area contributed by atoms with Crippen LogP contribution in [0.2, 0.25) is 0 Å². The van der Waals surface area contributed by atoms with Crippen molar-refractivity contribution in [3.05, 3.63) is 42.2 Å². The van der Waals surface area contributed by atoms with Crippen molar-refractivity contribution in [2.75, 3.05) is 17.3 Å². The predicted molar refractivity (Wildman–Crippen MR) is 101 cm³/mol. The lowest BCUT2D eigenvalue weighted by Crippen LogP contribution is -2.29. The molecule has 0 saturated carbocycles. The monoisotopic (exact) mass is 408 g/mol. The molecule has 11 heteroatoms. The van der Waals surface area contributed by atoms with E-state index in [-0.39, 0.29) is 23.8 Å². The number of rotatable bonds is 6. The van der Waals surface area contributed by atoms with Crippen molar-refractivity contribution in [3.8, 4) is 22.8 Å². The molecule has 29 heavy (non-hydrogen) atoms. The Morgan fingerprint density at radius 1 is 1.17 bits per heavy atom. The van der Waals surface area contributed by atoms with Crippen molar-refractivity contribution in [3.63, 3.8) is 0 Å². The Bertz CT molecular complexity index is 998. The molecule has 0 aliphatic carbocycles. The van der Waals surface area contributed by atoms with Crippen LogP contribution in [-0.4, -0.2) is 32.4 Å². The third-order valence-electron chi connectivity index (χ3n) is 3.93. The highest BCUT2D eigenvalue weighted by molar-refractivity contribution is 5.75. The summed E-state index contributed by atoms with van der Waals surface area (Å²) in [5, 5.41) is 16.7. The van der Waals surface area contributed by atoms with Gasteiger partial charge in [-0.15, -0.1) is 0 Å². The molecule has 2 aromatic heterocycles. The summed E-state index contributed by atoms with van der Waals surface area (Å²) in [5.41, 5.74) is 1.94. The molecule has 154 valence electrons. The number of hydrogen-bond donors (Lipinski definition) is 4. The molecule has 0 atom stereocenters. The molecule has 0 aliphatic heterocycles. The average molecular weight is 408 g/mol. The molecule has 0 radical (unpaired) electrons. The lowest BCUT2D eigenvalue weighted by atomic mass is 10.1. The van der Waals surface area contributed by atoms with E-state index >= 15 is 0 Å². The second-order valence-electron chi connectivity index (χ2n) is 6.91. The summed E-state index contributed by atoms with van der Waals surface area (Å²) in [7, 11) is 0. The first-order valence-electron chi connectivity index (χ1n) is 8.51. The second-order valence-corrected chi connectivity index (χ2v) is 6.91. The highest BCUT2D eigenvalue weighted by Gasteiger charge is 2.35. The third-order valence-corrected chi connectivity index (χ3v) is 3.93. The van der Waals surface area contributed by atoms with Gasteiger partial charge in [-0.25, -0.2) is 0 Å². The first kappa shape index (κ1) is 20.6. The number of nitrogen functional groups attached to an aromatic ring is 1. The number of alkyl halides is 3. The maximum absolute atomic E-state index is 13.2. The topological polar surface area (TPSA) is 122 Å². The van der Waals surface area contributed by atoms with E-state index < -0.39 is 17.3 Å². The van der Waals surface area contributed by atoms with Crippen LogP contribution in [0.4, 0.5) is 24.5 Å². The molecule has 8 nitrogen and oxygen atoms in total. The Morgan fingerprint density at radius 3 is 2.59 bits per heavy atom. The number of nitrogens with two attached hydrogens (primary N) is 1. The molecule has 3 rings (SSSR count). The minimum absolute atomic E-state index is 0.0930. The van der Waals surface area contributed by atoms with Crippen LogP contribution in [0.25, 0.3) is 22.8 Å². The van der Waals surface area contributed by atoms with Gasteiger partial charge in [0.15, 0.2) is 0 Å². The van der Waals surface area contributed by atoms with Crippen LogP contribution >= 0.6 is 0 Å². The van der Waals surface area contributed by atoms with E-state index in [1.54, 1.807) is 32.0 Å². The van der Waals surface area contributed by atoms with Gasteiger partial charge >= 0.3 is 6.18 Å². The summed E-state index contributed by atoms with van der Waals surface area (Å²) in [6, 6.07) is 6.11. The summed E-state index contributed by atoms with van der Waals surface area (Å²) in [5.74, 6) is 5.37. The van der Waals surface area contributed by atoms with E-state index in [9.17, 15) is 18.3 Å². The molecule has 0 spiro atoms. The van der Waals surface area contributed by atoms with Crippen LogP contribution in [-0.2, 0) is 6.18 Å². The van der Waals surface area contributed by atoms with Crippen LogP contribution in [0.5, 0.6) is 0 Å². The number of pyridine rings is 1. The molecule has 0 amide bonds. The quantitative estimate of drug-likeness (QED) is 0.362. The SMILES string of the molecule is CC(C)(O)CNc1ccc(-c2noc(-c3ccncc3C(F)(F)F)n2)cc1NN. The molecular weight excluding hydrogens is 389 g/mol. The van der Waals surface area contributed by atoms with E-state index in [4.69, 9.17) is 10.4 Å². The Labute approximate surface area is 163 Å². The standard InChI is InChI=1S/C18H19F3N6O2/c1-17(2,28)9-24-13-4-3-10(7-14(13)26-22)15-25-16(29-27-15)11-5-6-23-8-12(11)18(19,20)21/h3-8,24,26,28H,9,22H2,1-2H3. The van der Waals surface area contributed by atoms with Crippen molar-refractivity contribution in [2.45, 2.75) is 25.6 Å². The van der Waals surface area contributed by atoms with Crippen molar-refractivity contribution in [1.29, 1.82) is 0 Å². The average Bonchev–Trinajstić information content (AvgIpc) is 3.15. The summed E-state index contributed by atoms with van der Waals surface area (Å²) >= 11 is 0. The number of halogens is 3. The maximum Gasteiger partial charge on any atom is 0.418 e. The van der Waals surface area contributed by atoms with Crippen LogP contribution in [0.15, 0.2) is 41.2 Å². The van der Waals surface area contributed by atoms with Gasteiger partial charge in [0.1, 0.15) is 0 Å². The van der Waals surface area contributed by atoms with Crippen LogP contribution in [0.3, 0.4) is 0 Å². The maximum atomic E-state index is 13.2. The summed E-state index contributed by atoms with van der Waals surface area (Å²) in [6.07, 6.45) is -2.69. The Hall–Kier alpha value is -3.18. The number of nitrogens with one attached hydrogen (secondary N) is 2. The predicted octanol–water partition coefficient (Wildman–Crippen LogP) is 3.29. The zero-order valence-electron chi connectivity index (χ0n) is 15.6. The fourth-order valence-electron chi connectivity index (χ4n) is 2.53. The zero-order chi connectivity index (χ0) is 21.2. The van der Waals surface area contributed by atoms with Gasteiger partial charge in [0.2, 0.25) is 5.82 Å². The minimum Gasteiger partial charge on any atom is -0.389 e. The van der Waals surface area contributed by atoms with Crippen molar-refractivity contribution in [2.24, 2.45) is 5.84 Å². The fourth-order valence-corrected chi connectivity index (χ4v) is 2.53. The molecule has 1 aromatic carbocycles. The van der Waals surface area contributed by atoms with Gasteiger partial charge in [-0.3, -0.25) is 10.8 Å². The van der Waals surface area contributed by atoms with Gasteiger partial charge in [-0.2, -0.15) is 18.2 Å². The Balaban J connectivity index is 1.92. The molecule has 0 unspecified atom stereocenters. The minimum atomic E-state index is -4.61. The second kappa shape index (κ2) is 7.68. The molecule has 0 aliphatic rings. The van der Waals surface area contributed by atoms with E-state index in [1.165, 1.54) is 6.20 Å². The highest BCUT2D eigenvalue weighted by atomic mass is 19.4.